The smallest absolute Gasteiger partial charge is 0.246 e. The zero-order valence-corrected chi connectivity index (χ0v) is 17.0. The van der Waals surface area contributed by atoms with Crippen LogP contribution >= 0.6 is 11.6 Å². The van der Waals surface area contributed by atoms with Crippen LogP contribution in [0.1, 0.15) is 12.3 Å². The van der Waals surface area contributed by atoms with E-state index < -0.39 is 0 Å². The number of hydrogen-bond acceptors (Lipinski definition) is 6. The van der Waals surface area contributed by atoms with Gasteiger partial charge in [0.05, 0.1) is 26.4 Å². The quantitative estimate of drug-likeness (QED) is 0.408. The molecule has 9 heteroatoms. The number of nitrogens with one attached hydrogen (secondary N) is 1. The summed E-state index contributed by atoms with van der Waals surface area (Å²) in [5.41, 5.74) is 0.822. The van der Waals surface area contributed by atoms with E-state index in [2.05, 4.69) is 25.3 Å². The van der Waals surface area contributed by atoms with Gasteiger partial charge in [-0.15, -0.1) is 0 Å². The maximum absolute atomic E-state index is 6.02. The van der Waals surface area contributed by atoms with Crippen molar-refractivity contribution in [3.63, 3.8) is 0 Å². The minimum absolute atomic E-state index is 0.408. The molecule has 2 heterocycles. The van der Waals surface area contributed by atoms with E-state index in [9.17, 15) is 0 Å². The molecule has 28 heavy (non-hydrogen) atoms. The Morgan fingerprint density at radius 1 is 1.43 bits per heavy atom. The predicted octanol–water partition coefficient (Wildman–Crippen LogP) is 2.45. The average molecular weight is 408 g/mol. The van der Waals surface area contributed by atoms with Crippen LogP contribution in [-0.2, 0) is 16.0 Å². The summed E-state index contributed by atoms with van der Waals surface area (Å²) in [7, 11) is 3.45. The predicted molar refractivity (Wildman–Crippen MR) is 107 cm³/mol. The van der Waals surface area contributed by atoms with Crippen LogP contribution in [0.4, 0.5) is 0 Å². The van der Waals surface area contributed by atoms with Crippen LogP contribution in [0.25, 0.3) is 11.4 Å². The van der Waals surface area contributed by atoms with Crippen LogP contribution in [0.2, 0.25) is 5.02 Å². The molecule has 1 aromatic carbocycles. The third-order valence-corrected chi connectivity index (χ3v) is 4.77. The van der Waals surface area contributed by atoms with Crippen molar-refractivity contribution in [1.82, 2.24) is 20.4 Å². The SMILES string of the molecule is CN=C(NCc1nc(-c2cccc(Cl)c2)no1)N1CCC(COCCOC)C1. The Hall–Kier alpha value is -2.16. The first-order valence-corrected chi connectivity index (χ1v) is 9.68. The van der Waals surface area contributed by atoms with Gasteiger partial charge in [0.1, 0.15) is 0 Å². The molecule has 152 valence electrons. The summed E-state index contributed by atoms with van der Waals surface area (Å²) in [6, 6.07) is 7.37. The van der Waals surface area contributed by atoms with Crippen LogP contribution < -0.4 is 5.32 Å². The molecule has 0 amide bonds. The zero-order valence-electron chi connectivity index (χ0n) is 16.2. The number of nitrogens with zero attached hydrogens (tertiary/aromatic N) is 4. The van der Waals surface area contributed by atoms with Gasteiger partial charge in [-0.25, -0.2) is 0 Å². The molecule has 0 aliphatic carbocycles. The number of aliphatic imine (C=N–C) groups is 1. The molecule has 3 rings (SSSR count). The summed E-state index contributed by atoms with van der Waals surface area (Å²) in [6.07, 6.45) is 1.08. The summed E-state index contributed by atoms with van der Waals surface area (Å²) in [5, 5.41) is 7.95. The van der Waals surface area contributed by atoms with Crippen molar-refractivity contribution in [2.24, 2.45) is 10.9 Å². The van der Waals surface area contributed by atoms with E-state index in [1.165, 1.54) is 0 Å². The third-order valence-electron chi connectivity index (χ3n) is 4.53. The largest absolute Gasteiger partial charge is 0.382 e. The molecular weight excluding hydrogens is 382 g/mol. The fraction of sp³-hybridized carbons (Fsp3) is 0.526. The normalized spacial score (nSPS) is 17.3. The van der Waals surface area contributed by atoms with Crippen molar-refractivity contribution >= 4 is 17.6 Å². The Balaban J connectivity index is 1.48. The van der Waals surface area contributed by atoms with Gasteiger partial charge in [-0.1, -0.05) is 28.9 Å². The molecule has 1 aliphatic rings. The van der Waals surface area contributed by atoms with Gasteiger partial charge >= 0.3 is 0 Å². The first-order chi connectivity index (χ1) is 13.7. The second-order valence-electron chi connectivity index (χ2n) is 6.59. The van der Waals surface area contributed by atoms with Crippen LogP contribution in [0.5, 0.6) is 0 Å². The van der Waals surface area contributed by atoms with E-state index >= 15 is 0 Å². The number of rotatable bonds is 8. The maximum atomic E-state index is 6.02. The van der Waals surface area contributed by atoms with E-state index in [1.54, 1.807) is 14.2 Å². The molecule has 1 saturated heterocycles. The topological polar surface area (TPSA) is 85.0 Å². The number of aromatic nitrogens is 2. The first kappa shape index (κ1) is 20.6. The first-order valence-electron chi connectivity index (χ1n) is 9.30. The maximum Gasteiger partial charge on any atom is 0.246 e. The average Bonchev–Trinajstić information content (AvgIpc) is 3.36. The lowest BCUT2D eigenvalue weighted by Gasteiger charge is -2.21. The summed E-state index contributed by atoms with van der Waals surface area (Å²) in [5.74, 6) is 2.33. The highest BCUT2D eigenvalue weighted by Crippen LogP contribution is 2.20. The van der Waals surface area contributed by atoms with E-state index in [-0.39, 0.29) is 0 Å². The minimum atomic E-state index is 0.408. The molecule has 0 saturated carbocycles. The number of hydrogen-bond donors (Lipinski definition) is 1. The van der Waals surface area contributed by atoms with Gasteiger partial charge in [-0.2, -0.15) is 4.98 Å². The second-order valence-corrected chi connectivity index (χ2v) is 7.03. The molecule has 8 nitrogen and oxygen atoms in total. The molecular formula is C19H26ClN5O3. The molecule has 1 N–H and O–H groups in total. The van der Waals surface area contributed by atoms with Crippen LogP contribution in [-0.4, -0.2) is 68.1 Å². The molecule has 1 aliphatic heterocycles. The summed E-state index contributed by atoms with van der Waals surface area (Å²) >= 11 is 6.02. The Labute approximate surface area is 169 Å². The van der Waals surface area contributed by atoms with Crippen LogP contribution in [0, 0.1) is 5.92 Å². The highest BCUT2D eigenvalue weighted by Gasteiger charge is 2.25. The number of methoxy groups -OCH3 is 1. The molecule has 0 radical (unpaired) electrons. The summed E-state index contributed by atoms with van der Waals surface area (Å²) in [4.78, 5) is 11.0. The summed E-state index contributed by atoms with van der Waals surface area (Å²) < 4.78 is 16.0. The van der Waals surface area contributed by atoms with Crippen molar-refractivity contribution in [2.75, 3.05) is 47.1 Å². The van der Waals surface area contributed by atoms with E-state index in [1.807, 2.05) is 24.3 Å². The monoisotopic (exact) mass is 407 g/mol. The van der Waals surface area contributed by atoms with Crippen molar-refractivity contribution in [3.05, 3.63) is 35.2 Å². The van der Waals surface area contributed by atoms with E-state index in [4.69, 9.17) is 25.6 Å². The number of likely N-dealkylation sites (tertiary alicyclic amines) is 1. The standard InChI is InChI=1S/C19H26ClN5O3/c1-21-19(25-7-6-14(12-25)13-27-9-8-26-2)22-11-17-23-18(24-28-17)15-4-3-5-16(20)10-15/h3-5,10,14H,6-9,11-13H2,1-2H3,(H,21,22). The van der Waals surface area contributed by atoms with E-state index in [0.717, 1.165) is 37.6 Å². The van der Waals surface area contributed by atoms with Crippen LogP contribution in [0.15, 0.2) is 33.8 Å². The Morgan fingerprint density at radius 3 is 3.11 bits per heavy atom. The molecule has 1 unspecified atom stereocenters. The van der Waals surface area contributed by atoms with Gasteiger partial charge < -0.3 is 24.2 Å². The van der Waals surface area contributed by atoms with Gasteiger partial charge in [0.2, 0.25) is 11.7 Å². The van der Waals surface area contributed by atoms with E-state index in [0.29, 0.717) is 42.4 Å². The highest BCUT2D eigenvalue weighted by molar-refractivity contribution is 6.30. The molecule has 2 aromatic rings. The van der Waals surface area contributed by atoms with Gasteiger partial charge in [-0.05, 0) is 18.6 Å². The Kier molecular flexibility index (Phi) is 7.64. The Morgan fingerprint density at radius 2 is 2.32 bits per heavy atom. The van der Waals surface area contributed by atoms with Crippen LogP contribution in [0.3, 0.4) is 0 Å². The zero-order chi connectivity index (χ0) is 19.8. The fourth-order valence-corrected chi connectivity index (χ4v) is 3.30. The number of guanidine groups is 1. The third kappa shape index (κ3) is 5.67. The summed E-state index contributed by atoms with van der Waals surface area (Å²) in [6.45, 7) is 4.25. The fourth-order valence-electron chi connectivity index (χ4n) is 3.11. The van der Waals surface area contributed by atoms with Gasteiger partial charge in [0.25, 0.3) is 0 Å². The lowest BCUT2D eigenvalue weighted by atomic mass is 10.1. The number of benzene rings is 1. The van der Waals surface area contributed by atoms with Gasteiger partial charge in [0.15, 0.2) is 5.96 Å². The highest BCUT2D eigenvalue weighted by atomic mass is 35.5. The molecule has 1 atom stereocenters. The van der Waals surface area contributed by atoms with Crippen molar-refractivity contribution in [1.29, 1.82) is 0 Å². The molecule has 0 spiro atoms. The lowest BCUT2D eigenvalue weighted by Crippen LogP contribution is -2.40. The number of ether oxygens (including phenoxy) is 2. The van der Waals surface area contributed by atoms with Gasteiger partial charge in [0, 0.05) is 43.8 Å². The van der Waals surface area contributed by atoms with Crippen molar-refractivity contribution in [2.45, 2.75) is 13.0 Å². The van der Waals surface area contributed by atoms with Crippen molar-refractivity contribution < 1.29 is 14.0 Å². The Bertz CT molecular complexity index is 782. The number of halogens is 1. The molecule has 1 fully saturated rings. The lowest BCUT2D eigenvalue weighted by molar-refractivity contribution is 0.0536. The minimum Gasteiger partial charge on any atom is -0.382 e. The molecule has 1 aromatic heterocycles. The van der Waals surface area contributed by atoms with Gasteiger partial charge in [-0.3, -0.25) is 4.99 Å². The van der Waals surface area contributed by atoms with Crippen molar-refractivity contribution in [3.8, 4) is 11.4 Å². The second kappa shape index (κ2) is 10.4. The molecule has 0 bridgehead atoms.